The van der Waals surface area contributed by atoms with Crippen molar-refractivity contribution in [3.8, 4) is 0 Å². The number of hydrogen-bond acceptors (Lipinski definition) is 10. The molecule has 1 rings (SSSR count). The standard InChI is InChI=1S/C63H123NO10/c1-3-5-7-9-11-13-15-17-19-21-23-25-27-29-31-33-35-37-39-41-43-45-47-49-51-56(67)62(72)64-54(53-73-63-61(71)60(70)59(69)57(52-65)74-63)58(68)55(66)50-48-46-44-42-40-38-36-34-32-30-28-26-24-22-20-18-16-14-12-10-8-6-4-2/h42,44,54-61,63,65-71H,3-41,43,45-53H2,1-2H3,(H,64,72)/b44-42+. The minimum Gasteiger partial charge on any atom is -0.394 e. The van der Waals surface area contributed by atoms with Gasteiger partial charge in [0.1, 0.15) is 36.6 Å². The van der Waals surface area contributed by atoms with Crippen molar-refractivity contribution in [1.29, 1.82) is 0 Å². The summed E-state index contributed by atoms with van der Waals surface area (Å²) in [5.74, 6) is -0.699. The van der Waals surface area contributed by atoms with Crippen molar-refractivity contribution in [3.05, 3.63) is 12.2 Å². The molecule has 1 amide bonds. The van der Waals surface area contributed by atoms with E-state index >= 15 is 0 Å². The molecule has 11 nitrogen and oxygen atoms in total. The highest BCUT2D eigenvalue weighted by molar-refractivity contribution is 5.80. The van der Waals surface area contributed by atoms with Gasteiger partial charge in [-0.15, -0.1) is 0 Å². The topological polar surface area (TPSA) is 189 Å². The van der Waals surface area contributed by atoms with Crippen LogP contribution in [0.15, 0.2) is 12.2 Å². The zero-order valence-electron chi connectivity index (χ0n) is 48.4. The van der Waals surface area contributed by atoms with E-state index in [4.69, 9.17) is 9.47 Å². The van der Waals surface area contributed by atoms with Gasteiger partial charge in [0.25, 0.3) is 0 Å². The first-order valence-corrected chi connectivity index (χ1v) is 32.1. The Hall–Kier alpha value is -1.15. The number of rotatable bonds is 56. The van der Waals surface area contributed by atoms with Crippen molar-refractivity contribution in [2.24, 2.45) is 0 Å². The fourth-order valence-electron chi connectivity index (χ4n) is 10.6. The van der Waals surface area contributed by atoms with Gasteiger partial charge in [-0.1, -0.05) is 289 Å². The third-order valence-corrected chi connectivity index (χ3v) is 15.8. The van der Waals surface area contributed by atoms with E-state index in [1.165, 1.54) is 238 Å². The summed E-state index contributed by atoms with van der Waals surface area (Å²) in [4.78, 5) is 13.2. The van der Waals surface area contributed by atoms with Gasteiger partial charge in [-0.25, -0.2) is 0 Å². The lowest BCUT2D eigenvalue weighted by atomic mass is 9.98. The molecule has 9 unspecified atom stereocenters. The third-order valence-electron chi connectivity index (χ3n) is 15.8. The molecule has 0 aromatic rings. The summed E-state index contributed by atoms with van der Waals surface area (Å²) in [5.41, 5.74) is 0. The molecule has 8 N–H and O–H groups in total. The lowest BCUT2D eigenvalue weighted by Gasteiger charge is -2.40. The molecular weight excluding hydrogens is 931 g/mol. The molecule has 74 heavy (non-hydrogen) atoms. The van der Waals surface area contributed by atoms with Gasteiger partial charge in [-0.3, -0.25) is 4.79 Å². The summed E-state index contributed by atoms with van der Waals surface area (Å²) in [5, 5.41) is 76.3. The molecule has 0 radical (unpaired) electrons. The van der Waals surface area contributed by atoms with Crippen molar-refractivity contribution in [1.82, 2.24) is 5.32 Å². The number of allylic oxidation sites excluding steroid dienone is 2. The molecule has 0 saturated carbocycles. The van der Waals surface area contributed by atoms with Crippen LogP contribution < -0.4 is 5.32 Å². The summed E-state index contributed by atoms with van der Waals surface area (Å²) in [6, 6.07) is -1.18. The Bertz CT molecular complexity index is 1210. The number of carbonyl (C=O) groups excluding carboxylic acids is 1. The van der Waals surface area contributed by atoms with E-state index in [9.17, 15) is 40.5 Å². The second-order valence-corrected chi connectivity index (χ2v) is 22.8. The number of hydrogen-bond donors (Lipinski definition) is 8. The minimum atomic E-state index is -1.67. The Kier molecular flexibility index (Phi) is 50.3. The van der Waals surface area contributed by atoms with E-state index in [1.807, 2.05) is 0 Å². The maximum Gasteiger partial charge on any atom is 0.249 e. The van der Waals surface area contributed by atoms with Gasteiger partial charge in [-0.2, -0.15) is 0 Å². The predicted octanol–water partition coefficient (Wildman–Crippen LogP) is 14.3. The third kappa shape index (κ3) is 40.1. The normalized spacial score (nSPS) is 19.8. The number of unbranched alkanes of at least 4 members (excludes halogenated alkanes) is 42. The average molecular weight is 1050 g/mol. The van der Waals surface area contributed by atoms with E-state index in [2.05, 4.69) is 31.3 Å². The number of nitrogens with one attached hydrogen (secondary N) is 1. The highest BCUT2D eigenvalue weighted by Crippen LogP contribution is 2.24. The van der Waals surface area contributed by atoms with Crippen LogP contribution in [-0.2, 0) is 14.3 Å². The highest BCUT2D eigenvalue weighted by Gasteiger charge is 2.44. The van der Waals surface area contributed by atoms with E-state index in [0.29, 0.717) is 12.8 Å². The molecule has 440 valence electrons. The molecule has 0 aromatic heterocycles. The molecule has 11 heteroatoms. The van der Waals surface area contributed by atoms with Gasteiger partial charge in [-0.05, 0) is 38.5 Å². The van der Waals surface area contributed by atoms with Crippen molar-refractivity contribution < 1.29 is 50.0 Å². The van der Waals surface area contributed by atoms with Gasteiger partial charge in [0.15, 0.2) is 6.29 Å². The van der Waals surface area contributed by atoms with E-state index in [-0.39, 0.29) is 12.8 Å². The number of carbonyl (C=O) groups is 1. The molecule has 1 fully saturated rings. The van der Waals surface area contributed by atoms with Crippen molar-refractivity contribution in [2.45, 2.75) is 371 Å². The second kappa shape index (κ2) is 52.5. The zero-order valence-corrected chi connectivity index (χ0v) is 48.4. The molecule has 1 aliphatic rings. The van der Waals surface area contributed by atoms with E-state index in [1.54, 1.807) is 0 Å². The second-order valence-electron chi connectivity index (χ2n) is 22.8. The van der Waals surface area contributed by atoms with Crippen LogP contribution in [0.2, 0.25) is 0 Å². The SMILES string of the molecule is CCCCCCCCCCCCCCCCCCCC/C=C/CCCC(O)C(O)C(COC1OC(CO)C(O)C(O)C1O)NC(=O)C(O)CCCCCCCCCCCCCCCCCCCCCCCCCC. The van der Waals surface area contributed by atoms with E-state index in [0.717, 1.165) is 38.5 Å². The molecule has 1 aliphatic heterocycles. The van der Waals surface area contributed by atoms with Gasteiger partial charge < -0.3 is 50.5 Å². The molecule has 1 heterocycles. The first kappa shape index (κ1) is 70.9. The van der Waals surface area contributed by atoms with E-state index < -0.39 is 74.2 Å². The Balaban J connectivity index is 2.26. The number of ether oxygens (including phenoxy) is 2. The molecule has 0 bridgehead atoms. The molecule has 0 spiro atoms. The Morgan fingerprint density at radius 1 is 0.459 bits per heavy atom. The Morgan fingerprint density at radius 3 is 1.16 bits per heavy atom. The van der Waals surface area contributed by atoms with Crippen LogP contribution in [0.3, 0.4) is 0 Å². The maximum absolute atomic E-state index is 13.2. The lowest BCUT2D eigenvalue weighted by Crippen LogP contribution is -2.60. The van der Waals surface area contributed by atoms with Gasteiger partial charge in [0.05, 0.1) is 25.4 Å². The van der Waals surface area contributed by atoms with Gasteiger partial charge in [0, 0.05) is 0 Å². The van der Waals surface area contributed by atoms with Crippen molar-refractivity contribution >= 4 is 5.91 Å². The van der Waals surface area contributed by atoms with Crippen LogP contribution in [0.4, 0.5) is 0 Å². The number of aliphatic hydroxyl groups is 7. The first-order chi connectivity index (χ1) is 36.2. The summed E-state index contributed by atoms with van der Waals surface area (Å²) in [6.07, 6.45) is 51.4. The number of aliphatic hydroxyl groups excluding tert-OH is 7. The monoisotopic (exact) mass is 1050 g/mol. The van der Waals surface area contributed by atoms with Crippen molar-refractivity contribution in [3.63, 3.8) is 0 Å². The molecule has 1 saturated heterocycles. The molecular formula is C63H123NO10. The van der Waals surface area contributed by atoms with Gasteiger partial charge in [0.2, 0.25) is 5.91 Å². The maximum atomic E-state index is 13.2. The summed E-state index contributed by atoms with van der Waals surface area (Å²) >= 11 is 0. The van der Waals surface area contributed by atoms with Crippen LogP contribution in [-0.4, -0.2) is 110 Å². The quantitative estimate of drug-likeness (QED) is 0.0215. The van der Waals surface area contributed by atoms with Crippen LogP contribution >= 0.6 is 0 Å². The van der Waals surface area contributed by atoms with Crippen LogP contribution in [0.25, 0.3) is 0 Å². The zero-order chi connectivity index (χ0) is 54.0. The summed E-state index contributed by atoms with van der Waals surface area (Å²) in [7, 11) is 0. The van der Waals surface area contributed by atoms with Crippen molar-refractivity contribution in [2.75, 3.05) is 13.2 Å². The van der Waals surface area contributed by atoms with Crippen LogP contribution in [0, 0.1) is 0 Å². The molecule has 0 aromatic carbocycles. The summed E-state index contributed by atoms with van der Waals surface area (Å²) in [6.45, 7) is 3.50. The largest absolute Gasteiger partial charge is 0.394 e. The predicted molar refractivity (Wildman–Crippen MR) is 307 cm³/mol. The molecule has 0 aliphatic carbocycles. The minimum absolute atomic E-state index is 0.260. The molecule has 9 atom stereocenters. The highest BCUT2D eigenvalue weighted by atomic mass is 16.7. The fraction of sp³-hybridized carbons (Fsp3) is 0.952. The Morgan fingerprint density at radius 2 is 0.797 bits per heavy atom. The number of amides is 1. The van der Waals surface area contributed by atoms with Crippen LogP contribution in [0.1, 0.15) is 316 Å². The first-order valence-electron chi connectivity index (χ1n) is 32.1. The average Bonchev–Trinajstić information content (AvgIpc) is 3.40. The Labute approximate surface area is 455 Å². The fourth-order valence-corrected chi connectivity index (χ4v) is 10.6. The smallest absolute Gasteiger partial charge is 0.249 e. The summed E-state index contributed by atoms with van der Waals surface area (Å²) < 4.78 is 11.2. The van der Waals surface area contributed by atoms with Gasteiger partial charge >= 0.3 is 0 Å². The lowest BCUT2D eigenvalue weighted by molar-refractivity contribution is -0.303. The van der Waals surface area contributed by atoms with Crippen LogP contribution in [0.5, 0.6) is 0 Å².